The van der Waals surface area contributed by atoms with Gasteiger partial charge in [-0.1, -0.05) is 99.6 Å². The first-order valence-corrected chi connectivity index (χ1v) is 25.7. The van der Waals surface area contributed by atoms with Crippen LogP contribution in [0, 0.1) is 12.8 Å². The van der Waals surface area contributed by atoms with E-state index in [0.717, 1.165) is 44.8 Å². The molecule has 16 heteroatoms. The van der Waals surface area contributed by atoms with Gasteiger partial charge in [0.15, 0.2) is 11.3 Å². The number of aliphatic imine (C=N–C) groups is 1. The Balaban J connectivity index is 0.767. The number of rotatable bonds is 22. The van der Waals surface area contributed by atoms with Crippen molar-refractivity contribution in [3.05, 3.63) is 148 Å². The molecule has 4 aromatic carbocycles. The monoisotopic (exact) mass is 1010 g/mol. The average molecular weight is 1010 g/mol. The molecule has 15 nitrogen and oxygen atoms in total. The van der Waals surface area contributed by atoms with Gasteiger partial charge in [0.05, 0.1) is 41.4 Å². The number of amides is 3. The SMILES string of the molecule is CC/C(=C(\c1ccc(O)cc1)c1ccc(OCCN(C)C(=O)CCCOCCOc2cc(C(C(=O)N3C[C@H](O)CC3C3=NC(C)(c4ccc(-c5scnc5C)cc4)C(=O)N3)C(C)C)on2)cc1)c1ccccc1. The van der Waals surface area contributed by atoms with Crippen LogP contribution in [0.15, 0.2) is 124 Å². The van der Waals surface area contributed by atoms with Crippen LogP contribution in [0.5, 0.6) is 17.4 Å². The Morgan fingerprint density at radius 1 is 0.932 bits per heavy atom. The van der Waals surface area contributed by atoms with Crippen LogP contribution in [0.1, 0.15) is 93.0 Å². The van der Waals surface area contributed by atoms with Gasteiger partial charge < -0.3 is 44.1 Å². The van der Waals surface area contributed by atoms with Gasteiger partial charge in [-0.05, 0) is 101 Å². The molecule has 2 aliphatic heterocycles. The summed E-state index contributed by atoms with van der Waals surface area (Å²) < 4.78 is 23.3. The second-order valence-corrected chi connectivity index (χ2v) is 19.8. The number of aliphatic hydroxyl groups is 1. The molecular weight excluding hydrogens is 945 g/mol. The molecule has 2 aliphatic rings. The topological polar surface area (TPSA) is 189 Å². The summed E-state index contributed by atoms with van der Waals surface area (Å²) >= 11 is 1.56. The van der Waals surface area contributed by atoms with Crippen LogP contribution >= 0.6 is 11.3 Å². The summed E-state index contributed by atoms with van der Waals surface area (Å²) in [4.78, 5) is 54.3. The maximum atomic E-state index is 14.4. The van der Waals surface area contributed by atoms with Crippen LogP contribution in [0.2, 0.25) is 0 Å². The number of nitrogens with one attached hydrogen (secondary N) is 1. The number of nitrogens with zero attached hydrogens (tertiary/aromatic N) is 5. The second kappa shape index (κ2) is 23.6. The van der Waals surface area contributed by atoms with Crippen molar-refractivity contribution in [1.82, 2.24) is 25.3 Å². The van der Waals surface area contributed by atoms with E-state index in [1.54, 1.807) is 58.8 Å². The lowest BCUT2D eigenvalue weighted by molar-refractivity contribution is -0.134. The van der Waals surface area contributed by atoms with Gasteiger partial charge >= 0.3 is 0 Å². The number of benzene rings is 4. The van der Waals surface area contributed by atoms with E-state index < -0.39 is 23.6 Å². The van der Waals surface area contributed by atoms with Crippen LogP contribution in [0.25, 0.3) is 21.6 Å². The fraction of sp³-hybridized carbons (Fsp3) is 0.368. The van der Waals surface area contributed by atoms with E-state index in [4.69, 9.17) is 23.7 Å². The Hall–Kier alpha value is -7.14. The molecule has 0 bridgehead atoms. The first-order valence-electron chi connectivity index (χ1n) is 24.9. The fourth-order valence-electron chi connectivity index (χ4n) is 9.43. The number of aryl methyl sites for hydroxylation is 1. The summed E-state index contributed by atoms with van der Waals surface area (Å²) in [6.07, 6.45) is 1.07. The van der Waals surface area contributed by atoms with Crippen LogP contribution in [0.4, 0.5) is 0 Å². The molecule has 0 spiro atoms. The average Bonchev–Trinajstić information content (AvgIpc) is 4.20. The summed E-state index contributed by atoms with van der Waals surface area (Å²) in [5, 5.41) is 27.8. The van der Waals surface area contributed by atoms with Crippen LogP contribution in [-0.2, 0) is 24.7 Å². The molecule has 6 aromatic rings. The Bertz CT molecular complexity index is 2900. The second-order valence-electron chi connectivity index (χ2n) is 18.9. The molecule has 0 saturated carbocycles. The molecule has 0 radical (unpaired) electrons. The minimum Gasteiger partial charge on any atom is -0.508 e. The van der Waals surface area contributed by atoms with Crippen LogP contribution < -0.4 is 14.8 Å². The molecule has 8 rings (SSSR count). The van der Waals surface area contributed by atoms with Gasteiger partial charge in [-0.2, -0.15) is 0 Å². The highest BCUT2D eigenvalue weighted by Crippen LogP contribution is 2.38. The lowest BCUT2D eigenvalue weighted by atomic mass is 9.88. The molecule has 73 heavy (non-hydrogen) atoms. The van der Waals surface area contributed by atoms with Crippen LogP contribution in [0.3, 0.4) is 0 Å². The zero-order valence-electron chi connectivity index (χ0n) is 42.2. The predicted molar refractivity (Wildman–Crippen MR) is 281 cm³/mol. The molecule has 4 heterocycles. The number of hydrogen-bond donors (Lipinski definition) is 3. The molecule has 382 valence electrons. The predicted octanol–water partition coefficient (Wildman–Crippen LogP) is 9.04. The van der Waals surface area contributed by atoms with Crippen molar-refractivity contribution in [3.63, 3.8) is 0 Å². The molecule has 2 aromatic heterocycles. The van der Waals surface area contributed by atoms with Crippen molar-refractivity contribution in [2.45, 2.75) is 83.9 Å². The zero-order valence-corrected chi connectivity index (χ0v) is 43.1. The van der Waals surface area contributed by atoms with Crippen LogP contribution in [-0.4, -0.2) is 112 Å². The summed E-state index contributed by atoms with van der Waals surface area (Å²) in [6, 6.07) is 34.2. The Kier molecular flexibility index (Phi) is 16.9. The quantitative estimate of drug-likeness (QED) is 0.0435. The molecule has 3 unspecified atom stereocenters. The van der Waals surface area contributed by atoms with E-state index in [-0.39, 0.29) is 61.4 Å². The van der Waals surface area contributed by atoms with Crippen molar-refractivity contribution in [3.8, 4) is 27.8 Å². The van der Waals surface area contributed by atoms with E-state index in [0.29, 0.717) is 55.5 Å². The molecular formula is C57H64N6O9S. The number of allylic oxidation sites excluding steroid dienone is 1. The smallest absolute Gasteiger partial charge is 0.257 e. The molecule has 4 atom stereocenters. The maximum absolute atomic E-state index is 14.4. The third kappa shape index (κ3) is 12.2. The Morgan fingerprint density at radius 3 is 2.32 bits per heavy atom. The summed E-state index contributed by atoms with van der Waals surface area (Å²) in [5.41, 5.74) is 8.71. The van der Waals surface area contributed by atoms with Crippen molar-refractivity contribution in [2.24, 2.45) is 10.9 Å². The number of likely N-dealkylation sites (N-methyl/N-ethyl adjacent to an activating group) is 1. The number of hydrogen-bond acceptors (Lipinski definition) is 13. The number of aliphatic hydroxyl groups excluding tert-OH is 1. The highest BCUT2D eigenvalue weighted by molar-refractivity contribution is 7.13. The highest BCUT2D eigenvalue weighted by atomic mass is 32.1. The zero-order chi connectivity index (χ0) is 51.6. The van der Waals surface area contributed by atoms with Crippen molar-refractivity contribution < 1.29 is 43.3 Å². The Morgan fingerprint density at radius 2 is 1.64 bits per heavy atom. The van der Waals surface area contributed by atoms with Crippen molar-refractivity contribution >= 4 is 46.0 Å². The van der Waals surface area contributed by atoms with Gasteiger partial charge in [-0.25, -0.2) is 9.98 Å². The van der Waals surface area contributed by atoms with Crippen molar-refractivity contribution in [1.29, 1.82) is 0 Å². The van der Waals surface area contributed by atoms with Gasteiger partial charge in [0.2, 0.25) is 11.8 Å². The lowest BCUT2D eigenvalue weighted by Gasteiger charge is -2.29. The first kappa shape index (κ1) is 52.2. The molecule has 3 amide bonds. The fourth-order valence-corrected chi connectivity index (χ4v) is 10.2. The maximum Gasteiger partial charge on any atom is 0.257 e. The third-order valence-electron chi connectivity index (χ3n) is 13.5. The minimum absolute atomic E-state index is 0.0155. The normalized spacial score (nSPS) is 18.3. The number of aromatic hydroxyl groups is 1. The number of carbonyl (C=O) groups excluding carboxylic acids is 3. The first-order chi connectivity index (χ1) is 35.2. The van der Waals surface area contributed by atoms with Crippen molar-refractivity contribution in [2.75, 3.05) is 46.6 Å². The van der Waals surface area contributed by atoms with E-state index in [2.05, 4.69) is 34.5 Å². The lowest BCUT2D eigenvalue weighted by Crippen LogP contribution is -2.48. The standard InChI is InChI=1S/C57H64N6O9S/c1-7-46(38-12-9-8-10-13-38)52(39-17-23-43(64)24-18-39)40-19-25-45(26-20-40)70-29-27-62(6)50(66)14-11-28-69-30-31-71-49-33-48(72-61-49)51(36(2)3)55(67)63-34-44(65)32-47(63)54-59-56(68)57(5,60-54)42-21-15-41(16-22-42)53-37(4)58-35-73-53/h8-10,12-13,15-26,33,35-36,44,47,51,64-65H,7,11,14,27-32,34H2,1-6H3,(H,59,60,68)/b52-46-/t44-,47?,51?,57?/m1/s1. The number of aromatic nitrogens is 2. The molecule has 0 aliphatic carbocycles. The number of ether oxygens (including phenoxy) is 3. The number of likely N-dealkylation sites (tertiary alicyclic amines) is 1. The Labute approximate surface area is 430 Å². The van der Waals surface area contributed by atoms with E-state index in [1.165, 1.54) is 5.57 Å². The van der Waals surface area contributed by atoms with Gasteiger partial charge in [0.1, 0.15) is 36.5 Å². The van der Waals surface area contributed by atoms with Gasteiger partial charge in [0, 0.05) is 39.1 Å². The van der Waals surface area contributed by atoms with E-state index in [1.807, 2.05) is 99.6 Å². The summed E-state index contributed by atoms with van der Waals surface area (Å²) in [5.74, 6) is 0.220. The third-order valence-corrected chi connectivity index (χ3v) is 14.4. The number of phenols is 1. The van der Waals surface area contributed by atoms with Gasteiger partial charge in [-0.15, -0.1) is 11.3 Å². The van der Waals surface area contributed by atoms with Gasteiger partial charge in [0.25, 0.3) is 11.8 Å². The van der Waals surface area contributed by atoms with E-state index in [9.17, 15) is 24.6 Å². The minimum atomic E-state index is -1.22. The number of amidine groups is 1. The number of carbonyl (C=O) groups is 3. The number of phenolic OH excluding ortho intramolecular Hbond substituents is 1. The largest absolute Gasteiger partial charge is 0.508 e. The van der Waals surface area contributed by atoms with Gasteiger partial charge in [-0.3, -0.25) is 14.4 Å². The number of β-amino-alcohol motifs (C(OH)–C–C–N with tert-alkyl or cyclic N) is 1. The molecule has 1 saturated heterocycles. The molecule has 3 N–H and O–H groups in total. The highest BCUT2D eigenvalue weighted by Gasteiger charge is 2.48. The number of thiazole rings is 1. The summed E-state index contributed by atoms with van der Waals surface area (Å²) in [7, 11) is 1.76. The van der Waals surface area contributed by atoms with E-state index >= 15 is 0 Å². The molecule has 1 fully saturated rings. The summed E-state index contributed by atoms with van der Waals surface area (Å²) in [6.45, 7) is 11.3.